The summed E-state index contributed by atoms with van der Waals surface area (Å²) in [5.74, 6) is 0.562. The minimum atomic E-state index is -0.485. The van der Waals surface area contributed by atoms with Gasteiger partial charge in [0.05, 0.1) is 11.9 Å². The molecule has 1 aromatic carbocycles. The van der Waals surface area contributed by atoms with Crippen molar-refractivity contribution in [2.45, 2.75) is 64.6 Å². The molecule has 2 N–H and O–H groups in total. The number of aromatic nitrogens is 5. The highest BCUT2D eigenvalue weighted by molar-refractivity contribution is 6.00. The number of hydrogen-bond acceptors (Lipinski definition) is 8. The van der Waals surface area contributed by atoms with Gasteiger partial charge in [-0.25, -0.2) is 14.2 Å². The first-order valence-electron chi connectivity index (χ1n) is 13.9. The third-order valence-electron chi connectivity index (χ3n) is 7.46. The third-order valence-corrected chi connectivity index (χ3v) is 7.46. The Hall–Kier alpha value is -4.55. The molecular formula is C29H36FN9O3. The average Bonchev–Trinajstić information content (AvgIpc) is 3.61. The van der Waals surface area contributed by atoms with Crippen molar-refractivity contribution in [1.82, 2.24) is 35.1 Å². The van der Waals surface area contributed by atoms with E-state index in [-0.39, 0.29) is 36.0 Å². The van der Waals surface area contributed by atoms with Gasteiger partial charge in [-0.15, -0.1) is 0 Å². The van der Waals surface area contributed by atoms with Crippen LogP contribution in [0.3, 0.4) is 0 Å². The van der Waals surface area contributed by atoms with Crippen LogP contribution in [0.2, 0.25) is 0 Å². The third kappa shape index (κ3) is 5.76. The fourth-order valence-electron chi connectivity index (χ4n) is 5.06. The van der Waals surface area contributed by atoms with E-state index in [1.807, 2.05) is 31.7 Å². The molecule has 222 valence electrons. The lowest BCUT2D eigenvalue weighted by molar-refractivity contribution is -0.107. The maximum atomic E-state index is 15.5. The highest BCUT2D eigenvalue weighted by Gasteiger charge is 2.31. The Labute approximate surface area is 243 Å². The van der Waals surface area contributed by atoms with Crippen LogP contribution in [0.1, 0.15) is 52.0 Å². The monoisotopic (exact) mass is 577 g/mol. The maximum Gasteiger partial charge on any atom is 0.319 e. The number of pyridine rings is 1. The summed E-state index contributed by atoms with van der Waals surface area (Å²) in [4.78, 5) is 37.9. The van der Waals surface area contributed by atoms with Crippen LogP contribution in [0.25, 0.3) is 22.2 Å². The van der Waals surface area contributed by atoms with Gasteiger partial charge in [-0.1, -0.05) is 32.9 Å². The summed E-state index contributed by atoms with van der Waals surface area (Å²) in [6.45, 7) is 8.28. The Bertz CT molecular complexity index is 1590. The molecule has 1 aliphatic rings. The van der Waals surface area contributed by atoms with Gasteiger partial charge in [-0.3, -0.25) is 14.8 Å². The number of benzene rings is 1. The lowest BCUT2D eigenvalue weighted by Gasteiger charge is -2.39. The number of piperidine rings is 1. The number of H-pyrrole nitrogens is 1. The fraction of sp³-hybridized carbons (Fsp3) is 0.448. The van der Waals surface area contributed by atoms with Gasteiger partial charge in [0.2, 0.25) is 12.3 Å². The minimum absolute atomic E-state index is 0.0120. The number of anilines is 2. The van der Waals surface area contributed by atoms with Crippen molar-refractivity contribution in [2.75, 3.05) is 30.9 Å². The Kier molecular flexibility index (Phi) is 7.85. The molecule has 12 nitrogen and oxygen atoms in total. The van der Waals surface area contributed by atoms with Crippen LogP contribution >= 0.6 is 0 Å². The molecule has 1 fully saturated rings. The van der Waals surface area contributed by atoms with Gasteiger partial charge in [-0.2, -0.15) is 10.1 Å². The van der Waals surface area contributed by atoms with E-state index >= 15 is 4.39 Å². The molecule has 0 spiro atoms. The Balaban J connectivity index is 1.39. The summed E-state index contributed by atoms with van der Waals surface area (Å²) >= 11 is 0. The van der Waals surface area contributed by atoms with Crippen molar-refractivity contribution < 1.29 is 18.5 Å². The first-order valence-corrected chi connectivity index (χ1v) is 13.9. The van der Waals surface area contributed by atoms with E-state index in [0.717, 1.165) is 23.8 Å². The topological polar surface area (TPSA) is 136 Å². The lowest BCUT2D eigenvalue weighted by Crippen LogP contribution is -2.52. The predicted octanol–water partition coefficient (Wildman–Crippen LogP) is 4.55. The standard InChI is InChI=1S/C29H36FN9O3/c1-17-7-10-20(15-39(17)28(41)37(5)6)32-25-23-21(11-12-31-24(23)34-35-25)18-8-9-19(22(30)13-18)14-38(16-40)27-33-26(42-36-27)29(2,3)4/h8-9,11-13,16-17,20H,7,10,14-15H2,1-6H3,(H2,31,32,34,35)/t17-,20+/m0/s1. The van der Waals surface area contributed by atoms with Crippen LogP contribution in [0.4, 0.5) is 21.0 Å². The van der Waals surface area contributed by atoms with Crippen molar-refractivity contribution in [3.05, 3.63) is 47.7 Å². The molecule has 5 rings (SSSR count). The van der Waals surface area contributed by atoms with E-state index in [1.165, 1.54) is 11.0 Å². The normalized spacial score (nSPS) is 17.4. The van der Waals surface area contributed by atoms with E-state index < -0.39 is 5.82 Å². The highest BCUT2D eigenvalue weighted by atomic mass is 19.1. The number of carbonyl (C=O) groups is 2. The first-order chi connectivity index (χ1) is 20.0. The van der Waals surface area contributed by atoms with E-state index in [9.17, 15) is 9.59 Å². The molecule has 0 aliphatic carbocycles. The number of aromatic amines is 1. The second-order valence-electron chi connectivity index (χ2n) is 11.9. The lowest BCUT2D eigenvalue weighted by atomic mass is 9.97. The van der Waals surface area contributed by atoms with Crippen LogP contribution in [0, 0.1) is 5.82 Å². The van der Waals surface area contributed by atoms with Crippen LogP contribution in [-0.2, 0) is 16.8 Å². The summed E-state index contributed by atoms with van der Waals surface area (Å²) in [6, 6.07) is 6.78. The molecule has 4 aromatic rings. The molecule has 1 aliphatic heterocycles. The van der Waals surface area contributed by atoms with Crippen molar-refractivity contribution in [2.24, 2.45) is 0 Å². The van der Waals surface area contributed by atoms with Crippen LogP contribution in [0.15, 0.2) is 35.0 Å². The summed E-state index contributed by atoms with van der Waals surface area (Å²) in [7, 11) is 3.50. The zero-order chi connectivity index (χ0) is 30.2. The molecule has 0 unspecified atom stereocenters. The molecule has 3 amide bonds. The number of rotatable bonds is 7. The molecule has 0 bridgehead atoms. The van der Waals surface area contributed by atoms with Crippen LogP contribution in [-0.4, -0.2) is 80.3 Å². The van der Waals surface area contributed by atoms with Gasteiger partial charge in [0.15, 0.2) is 11.5 Å². The summed E-state index contributed by atoms with van der Waals surface area (Å²) in [5.41, 5.74) is 1.84. The van der Waals surface area contributed by atoms with Crippen molar-refractivity contribution >= 4 is 35.2 Å². The Morgan fingerprint density at radius 2 is 2.05 bits per heavy atom. The number of likely N-dealkylation sites (tertiary alicyclic amines) is 1. The molecule has 2 atom stereocenters. The summed E-state index contributed by atoms with van der Waals surface area (Å²) < 4.78 is 20.8. The van der Waals surface area contributed by atoms with E-state index in [1.54, 1.807) is 37.3 Å². The Morgan fingerprint density at radius 3 is 2.71 bits per heavy atom. The predicted molar refractivity (Wildman–Crippen MR) is 156 cm³/mol. The average molecular weight is 578 g/mol. The summed E-state index contributed by atoms with van der Waals surface area (Å²) in [5, 5.41) is 15.5. The van der Waals surface area contributed by atoms with E-state index in [2.05, 4.69) is 37.6 Å². The number of nitrogens with one attached hydrogen (secondary N) is 2. The number of fused-ring (bicyclic) bond motifs is 1. The van der Waals surface area contributed by atoms with Crippen LogP contribution < -0.4 is 10.2 Å². The van der Waals surface area contributed by atoms with Crippen molar-refractivity contribution in [3.8, 4) is 11.1 Å². The largest absolute Gasteiger partial charge is 0.364 e. The number of carbonyl (C=O) groups excluding carboxylic acids is 2. The van der Waals surface area contributed by atoms with Crippen molar-refractivity contribution in [1.29, 1.82) is 0 Å². The number of nitrogens with zero attached hydrogens (tertiary/aromatic N) is 7. The molecule has 4 heterocycles. The van der Waals surface area contributed by atoms with Gasteiger partial charge in [0.25, 0.3) is 5.95 Å². The van der Waals surface area contributed by atoms with E-state index in [4.69, 9.17) is 4.52 Å². The molecule has 3 aromatic heterocycles. The second kappa shape index (κ2) is 11.4. The number of hydrogen-bond donors (Lipinski definition) is 2. The van der Waals surface area contributed by atoms with Gasteiger partial charge in [-0.05, 0) is 48.2 Å². The Morgan fingerprint density at radius 1 is 1.26 bits per heavy atom. The number of urea groups is 1. The summed E-state index contributed by atoms with van der Waals surface area (Å²) in [6.07, 6.45) is 3.93. The zero-order valence-electron chi connectivity index (χ0n) is 24.7. The SMILES string of the molecule is C[C@H]1CC[C@@H](Nc2n[nH]c3nccc(-c4ccc(CN(C=O)c5noc(C(C)(C)C)n5)c(F)c4)c23)CN1C(=O)N(C)C. The van der Waals surface area contributed by atoms with Crippen LogP contribution in [0.5, 0.6) is 0 Å². The van der Waals surface area contributed by atoms with E-state index in [0.29, 0.717) is 41.4 Å². The fourth-order valence-corrected chi connectivity index (χ4v) is 5.06. The number of halogens is 1. The second-order valence-corrected chi connectivity index (χ2v) is 11.9. The molecular weight excluding hydrogens is 541 g/mol. The van der Waals surface area contributed by atoms with Gasteiger partial charge >= 0.3 is 6.03 Å². The minimum Gasteiger partial charge on any atom is -0.364 e. The van der Waals surface area contributed by atoms with Gasteiger partial charge < -0.3 is 19.6 Å². The van der Waals surface area contributed by atoms with Gasteiger partial charge in [0.1, 0.15) is 5.82 Å². The quantitative estimate of drug-likeness (QED) is 0.305. The molecule has 0 radical (unpaired) electrons. The first kappa shape index (κ1) is 29.0. The van der Waals surface area contributed by atoms with Gasteiger partial charge in [0, 0.05) is 49.9 Å². The van der Waals surface area contributed by atoms with Crippen molar-refractivity contribution in [3.63, 3.8) is 0 Å². The smallest absolute Gasteiger partial charge is 0.319 e. The zero-order valence-corrected chi connectivity index (χ0v) is 24.7. The molecule has 13 heteroatoms. The number of amides is 3. The highest BCUT2D eigenvalue weighted by Crippen LogP contribution is 2.34. The molecule has 1 saturated heterocycles. The maximum absolute atomic E-state index is 15.5. The molecule has 42 heavy (non-hydrogen) atoms. The molecule has 0 saturated carbocycles.